The standard InChI is InChI=1S/C80H121N13O27S3/c81-70(99)48-118-47-61(94)17-10-24-110-28-32-114-33-29-111-25-11-19-67(96)64-51-121-54-73(102)90-63(18-7-8-20-85-71(100)49-119-50-72(101)86-22-26-112-30-34-115-36-38-117-39-37-116-35-31-113-27-23-88-80(109)120-55-84-45-57-14-5-2-6-15-57)78(108)93-66-53-123-122-52-65(69(98)43-59(76(106)91-64)40-56-12-3-1-4-13-56)92-77(107)60(44-74(103)104)41-62(95)46-89-75(105)58(42-68(66)97)16-9-21-87-79(82)83/h1-6,12-15,45,58-60,63-66H,7-11,16-44,46-55H2,(H2,81,99)(H,85,100)(H,86,101)(H,88,109)(H,89,105)(H,90,102)(H,91,106)(H,92,107)(H,93,108)(H,103,104)(H4,82,83,87)/t58-,59-,60+,63+,64+,65+,66+/m1/s1. The molecular weight excluding hydrogens is 1670 g/mol. The number of thioether (sulfide) groups is 1. The first-order valence-corrected chi connectivity index (χ1v) is 44.4. The number of carbonyl (C=O) groups is 15. The van der Waals surface area contributed by atoms with Crippen LogP contribution in [-0.2, 0) is 126 Å². The molecule has 40 nitrogen and oxygen atoms in total. The zero-order valence-electron chi connectivity index (χ0n) is 69.4. The lowest BCUT2D eigenvalue weighted by Crippen LogP contribution is -2.53. The van der Waals surface area contributed by atoms with Crippen LogP contribution in [0.4, 0.5) is 4.79 Å². The van der Waals surface area contributed by atoms with Gasteiger partial charge in [0.05, 0.1) is 135 Å². The summed E-state index contributed by atoms with van der Waals surface area (Å²) in [4.78, 5) is 210. The molecule has 0 aromatic heterocycles. The average Bonchev–Trinajstić information content (AvgIpc) is 1.44. The van der Waals surface area contributed by atoms with E-state index < -0.39 is 170 Å². The number of unbranched alkanes of at least 4 members (excludes halogenated alkanes) is 1. The van der Waals surface area contributed by atoms with Crippen LogP contribution < -0.4 is 59.7 Å². The molecule has 0 radical (unpaired) electrons. The van der Waals surface area contributed by atoms with Crippen molar-refractivity contribution in [2.24, 2.45) is 44.9 Å². The van der Waals surface area contributed by atoms with Gasteiger partial charge in [-0.3, -0.25) is 77.1 Å². The van der Waals surface area contributed by atoms with Crippen molar-refractivity contribution in [1.82, 2.24) is 42.5 Å². The summed E-state index contributed by atoms with van der Waals surface area (Å²) in [7, 11) is 1.97. The Labute approximate surface area is 727 Å². The quantitative estimate of drug-likeness (QED) is 0.0168. The third kappa shape index (κ3) is 53.6. The number of ether oxygens (including phenoxy) is 11. The molecular formula is C80H121N13O27S3. The van der Waals surface area contributed by atoms with E-state index in [1.165, 1.54) is 0 Å². The molecule has 0 saturated carbocycles. The highest BCUT2D eigenvalue weighted by molar-refractivity contribution is 8.76. The SMILES string of the molecule is NC(=O)COCC(=O)CCCOCCOCCOCCCC(=O)[C@@H]1CSCC(=O)N[C@@H](CCCCNC(=O)COCC(=O)NCCOCCOCCOCCOCCOCCNC(=O)OCN=Cc2ccccc2)C(=O)N[C@H]2CSSC[C@H](NC(=O)[C@H](CC(=O)O)CC(=O)CNC(=O)[C@H](CCCN=C(N)N)CC2=O)C(=O)C[C@@H](Cc2ccccc2)C(=O)N1. The topological polar surface area (TPSA) is 577 Å². The summed E-state index contributed by atoms with van der Waals surface area (Å²) in [6.07, 6.45) is -0.441. The number of guanidine groups is 1. The molecule has 2 fully saturated rings. The number of amides is 9. The Morgan fingerprint density at radius 3 is 1.62 bits per heavy atom. The number of aliphatic imine (C=N–C) groups is 2. The maximum Gasteiger partial charge on any atom is 0.409 e. The number of nitrogens with one attached hydrogen (secondary N) is 8. The summed E-state index contributed by atoms with van der Waals surface area (Å²) in [6, 6.07) is 12.6. The molecule has 2 bridgehead atoms. The third-order valence-corrected chi connectivity index (χ3v) is 21.3. The molecule has 686 valence electrons. The lowest BCUT2D eigenvalue weighted by atomic mass is 9.90. The van der Waals surface area contributed by atoms with Gasteiger partial charge in [-0.1, -0.05) is 82.3 Å². The number of carbonyl (C=O) groups excluding carboxylic acids is 14. The lowest BCUT2D eigenvalue weighted by Gasteiger charge is -2.26. The molecule has 123 heavy (non-hydrogen) atoms. The second-order valence-corrected chi connectivity index (χ2v) is 31.6. The van der Waals surface area contributed by atoms with E-state index in [2.05, 4.69) is 52.5 Å². The van der Waals surface area contributed by atoms with Gasteiger partial charge < -0.3 is 117 Å². The van der Waals surface area contributed by atoms with Crippen LogP contribution in [0.3, 0.4) is 0 Å². The normalized spacial score (nSPS) is 18.8. The minimum Gasteiger partial charge on any atom is -0.481 e. The van der Waals surface area contributed by atoms with Crippen molar-refractivity contribution in [3.05, 3.63) is 71.8 Å². The number of fused-ring (bicyclic) bond motifs is 5. The lowest BCUT2D eigenvalue weighted by molar-refractivity contribution is -0.142. The predicted molar refractivity (Wildman–Crippen MR) is 454 cm³/mol. The van der Waals surface area contributed by atoms with Crippen molar-refractivity contribution in [2.45, 2.75) is 114 Å². The van der Waals surface area contributed by atoms with Gasteiger partial charge >= 0.3 is 12.1 Å². The first-order valence-electron chi connectivity index (χ1n) is 40.7. The van der Waals surface area contributed by atoms with Crippen molar-refractivity contribution < 1.29 is 129 Å². The van der Waals surface area contributed by atoms with Gasteiger partial charge in [-0.15, -0.1) is 11.8 Å². The third-order valence-electron chi connectivity index (χ3n) is 17.8. The molecule has 7 atom stereocenters. The smallest absolute Gasteiger partial charge is 0.409 e. The highest BCUT2D eigenvalue weighted by atomic mass is 33.1. The van der Waals surface area contributed by atoms with Crippen LogP contribution in [0, 0.1) is 17.8 Å². The number of benzene rings is 2. The summed E-state index contributed by atoms with van der Waals surface area (Å²) in [5.74, 6) is -15.2. The predicted octanol–water partition coefficient (Wildman–Crippen LogP) is -0.764. The maximum absolute atomic E-state index is 14.9. The summed E-state index contributed by atoms with van der Waals surface area (Å²) in [5.41, 5.74) is 17.6. The van der Waals surface area contributed by atoms with Crippen LogP contribution in [0.1, 0.15) is 94.6 Å². The fourth-order valence-electron chi connectivity index (χ4n) is 11.6. The highest BCUT2D eigenvalue weighted by Crippen LogP contribution is 2.28. The van der Waals surface area contributed by atoms with Crippen molar-refractivity contribution in [1.29, 1.82) is 0 Å². The molecule has 2 saturated heterocycles. The Balaban J connectivity index is 1.36. The van der Waals surface area contributed by atoms with Crippen LogP contribution in [0.5, 0.6) is 0 Å². The van der Waals surface area contributed by atoms with Crippen molar-refractivity contribution in [3.8, 4) is 0 Å². The molecule has 4 rings (SSSR count). The van der Waals surface area contributed by atoms with Crippen molar-refractivity contribution in [3.63, 3.8) is 0 Å². The fourth-order valence-corrected chi connectivity index (χ4v) is 14.8. The van der Waals surface area contributed by atoms with E-state index in [4.69, 9.17) is 69.3 Å². The maximum atomic E-state index is 14.9. The number of nitrogens with zero attached hydrogens (tertiary/aromatic N) is 2. The van der Waals surface area contributed by atoms with Crippen LogP contribution in [0.15, 0.2) is 70.6 Å². The van der Waals surface area contributed by atoms with E-state index in [0.29, 0.717) is 51.6 Å². The van der Waals surface area contributed by atoms with Crippen LogP contribution in [0.2, 0.25) is 0 Å². The first kappa shape index (κ1) is 106. The van der Waals surface area contributed by atoms with Crippen molar-refractivity contribution >= 4 is 134 Å². The van der Waals surface area contributed by atoms with E-state index >= 15 is 0 Å². The minimum atomic E-state index is -1.55. The number of primary amides is 1. The monoisotopic (exact) mass is 1790 g/mol. The second-order valence-electron chi connectivity index (χ2n) is 28.0. The van der Waals surface area contributed by atoms with E-state index in [0.717, 1.165) is 38.9 Å². The molecule has 2 aromatic rings. The summed E-state index contributed by atoms with van der Waals surface area (Å²) in [5, 5.41) is 31.3. The van der Waals surface area contributed by atoms with E-state index in [-0.39, 0.29) is 205 Å². The molecule has 9 amide bonds. The zero-order chi connectivity index (χ0) is 89.3. The molecule has 15 N–H and O–H groups in total. The van der Waals surface area contributed by atoms with E-state index in [1.54, 1.807) is 36.5 Å². The number of hydrogen-bond donors (Lipinski definition) is 12. The number of hydrogen-bond acceptors (Lipinski definition) is 31. The molecule has 0 aliphatic carbocycles. The molecule has 2 aliphatic heterocycles. The number of nitrogens with two attached hydrogens (primary N) is 3. The van der Waals surface area contributed by atoms with Gasteiger partial charge in [-0.25, -0.2) is 4.79 Å². The average molecular weight is 1790 g/mol. The largest absolute Gasteiger partial charge is 0.481 e. The molecule has 0 unspecified atom stereocenters. The number of Topliss-reactive ketones (excluding diaryl/α,β-unsaturated/α-hetero) is 5. The second kappa shape index (κ2) is 67.3. The molecule has 2 heterocycles. The number of ketones is 5. The number of rotatable bonds is 57. The van der Waals surface area contributed by atoms with E-state index in [9.17, 15) is 77.0 Å². The first-order chi connectivity index (χ1) is 59.4. The van der Waals surface area contributed by atoms with Gasteiger partial charge in [-0.2, -0.15) is 0 Å². The molecule has 2 aliphatic rings. The number of aliphatic carboxylic acids is 1. The summed E-state index contributed by atoms with van der Waals surface area (Å²) >= 11 is 0.947. The van der Waals surface area contributed by atoms with Gasteiger partial charge in [-0.05, 0) is 62.5 Å². The Hall–Kier alpha value is -9.12. The number of alkyl carbamates (subject to hydrolysis) is 1. The summed E-state index contributed by atoms with van der Waals surface area (Å²) in [6.45, 7) is 2.33. The zero-order valence-corrected chi connectivity index (χ0v) is 71.9. The Kier molecular flexibility index (Phi) is 58.1. The number of carboxylic acid groups (broad SMARTS) is 1. The molecule has 2 aromatic carbocycles. The number of carboxylic acids is 1. The fraction of sp³-hybridized carbons (Fsp3) is 0.637. The molecule has 0 spiro atoms. The van der Waals surface area contributed by atoms with Crippen molar-refractivity contribution in [2.75, 3.05) is 195 Å². The Morgan fingerprint density at radius 1 is 0.504 bits per heavy atom. The Morgan fingerprint density at radius 2 is 1.03 bits per heavy atom. The van der Waals surface area contributed by atoms with Crippen LogP contribution in [0.25, 0.3) is 0 Å². The summed E-state index contributed by atoms with van der Waals surface area (Å²) < 4.78 is 59.5. The minimum absolute atomic E-state index is 0.00565. The van der Waals surface area contributed by atoms with Gasteiger partial charge in [0.25, 0.3) is 0 Å². The van der Waals surface area contributed by atoms with Gasteiger partial charge in [0.2, 0.25) is 47.3 Å². The van der Waals surface area contributed by atoms with Crippen LogP contribution in [-0.4, -0.2) is 324 Å². The van der Waals surface area contributed by atoms with Gasteiger partial charge in [0, 0.05) is 107 Å². The Bertz CT molecular complexity index is 3600. The van der Waals surface area contributed by atoms with Gasteiger partial charge in [0.1, 0.15) is 32.5 Å². The van der Waals surface area contributed by atoms with Crippen LogP contribution >= 0.6 is 33.3 Å². The van der Waals surface area contributed by atoms with E-state index in [1.807, 2.05) is 30.3 Å². The van der Waals surface area contributed by atoms with Gasteiger partial charge in [0.15, 0.2) is 41.6 Å². The highest BCUT2D eigenvalue weighted by Gasteiger charge is 2.36. The molecule has 43 heteroatoms.